The quantitative estimate of drug-likeness (QED) is 0.850. The van der Waals surface area contributed by atoms with Gasteiger partial charge in [0.1, 0.15) is 10.4 Å². The first-order chi connectivity index (χ1) is 8.69. The van der Waals surface area contributed by atoms with Crippen LogP contribution in [0, 0.1) is 0 Å². The topological polar surface area (TPSA) is 50.3 Å². The van der Waals surface area contributed by atoms with Crippen LogP contribution in [0.4, 0.5) is 0 Å². The minimum Gasteiger partial charge on any atom is -0.243 e. The molecule has 3 rings (SSSR count). The molecule has 1 aromatic carbocycles. The summed E-state index contributed by atoms with van der Waals surface area (Å²) in [5.41, 5.74) is 2.30. The van der Waals surface area contributed by atoms with Crippen molar-refractivity contribution in [1.82, 2.24) is 9.29 Å². The highest BCUT2D eigenvalue weighted by Gasteiger charge is 2.28. The summed E-state index contributed by atoms with van der Waals surface area (Å²) in [5.74, 6) is 0. The first kappa shape index (κ1) is 12.1. The Labute approximate surface area is 110 Å². The zero-order chi connectivity index (χ0) is 12.6. The molecule has 1 aliphatic rings. The van der Waals surface area contributed by atoms with Gasteiger partial charge in [-0.3, -0.25) is 0 Å². The third kappa shape index (κ3) is 1.94. The van der Waals surface area contributed by atoms with Crippen LogP contribution in [-0.2, 0) is 10.0 Å². The number of hydrogen-bond acceptors (Lipinski definition) is 4. The minimum atomic E-state index is -3.38. The Bertz CT molecular complexity index is 658. The molecule has 0 aliphatic carbocycles. The van der Waals surface area contributed by atoms with E-state index in [0.29, 0.717) is 23.5 Å². The summed E-state index contributed by atoms with van der Waals surface area (Å²) in [6.07, 6.45) is 3.02. The molecule has 96 valence electrons. The maximum Gasteiger partial charge on any atom is 0.245 e. The molecule has 4 nitrogen and oxygen atoms in total. The number of aromatic nitrogens is 1. The van der Waals surface area contributed by atoms with Crippen molar-refractivity contribution >= 4 is 31.6 Å². The second-order valence-corrected chi connectivity index (χ2v) is 7.21. The van der Waals surface area contributed by atoms with Crippen LogP contribution in [0.5, 0.6) is 0 Å². The molecule has 1 aromatic heterocycles. The molecular weight excluding hydrogens is 268 g/mol. The van der Waals surface area contributed by atoms with Crippen LogP contribution in [0.1, 0.15) is 19.3 Å². The van der Waals surface area contributed by atoms with Crippen molar-refractivity contribution in [1.29, 1.82) is 0 Å². The van der Waals surface area contributed by atoms with Crippen LogP contribution in [-0.4, -0.2) is 30.8 Å². The summed E-state index contributed by atoms with van der Waals surface area (Å²) in [6, 6.07) is 5.35. The van der Waals surface area contributed by atoms with Crippen molar-refractivity contribution in [2.75, 3.05) is 13.1 Å². The van der Waals surface area contributed by atoms with Gasteiger partial charge in [-0.2, -0.15) is 4.31 Å². The smallest absolute Gasteiger partial charge is 0.243 e. The van der Waals surface area contributed by atoms with Crippen LogP contribution in [0.15, 0.2) is 28.6 Å². The van der Waals surface area contributed by atoms with E-state index in [1.54, 1.807) is 21.9 Å². The number of fused-ring (bicyclic) bond motifs is 1. The van der Waals surface area contributed by atoms with Crippen molar-refractivity contribution in [3.05, 3.63) is 23.7 Å². The zero-order valence-corrected chi connectivity index (χ0v) is 11.5. The highest BCUT2D eigenvalue weighted by Crippen LogP contribution is 2.28. The fourth-order valence-electron chi connectivity index (χ4n) is 2.31. The molecule has 0 saturated carbocycles. The summed E-state index contributed by atoms with van der Waals surface area (Å²) >= 11 is 1.47. The summed E-state index contributed by atoms with van der Waals surface area (Å²) in [7, 11) is -3.38. The molecule has 1 saturated heterocycles. The molecule has 0 amide bonds. The molecular formula is C12H14N2O2S2. The molecule has 0 spiro atoms. The zero-order valence-electron chi connectivity index (χ0n) is 9.87. The van der Waals surface area contributed by atoms with Gasteiger partial charge in [0.25, 0.3) is 0 Å². The number of thiazole rings is 1. The Morgan fingerprint density at radius 1 is 1.17 bits per heavy atom. The fourth-order valence-corrected chi connectivity index (χ4v) is 4.76. The van der Waals surface area contributed by atoms with Gasteiger partial charge in [-0.25, -0.2) is 13.4 Å². The monoisotopic (exact) mass is 282 g/mol. The Morgan fingerprint density at radius 2 is 1.94 bits per heavy atom. The van der Waals surface area contributed by atoms with Crippen LogP contribution in [0.25, 0.3) is 10.2 Å². The first-order valence-corrected chi connectivity index (χ1v) is 8.34. The van der Waals surface area contributed by atoms with E-state index in [1.807, 2.05) is 6.07 Å². The second-order valence-electron chi connectivity index (χ2n) is 4.42. The first-order valence-electron chi connectivity index (χ1n) is 6.02. The van der Waals surface area contributed by atoms with Crippen molar-refractivity contribution in [2.24, 2.45) is 0 Å². The lowest BCUT2D eigenvalue weighted by Crippen LogP contribution is -2.35. The fraction of sp³-hybridized carbons (Fsp3) is 0.417. The number of rotatable bonds is 2. The van der Waals surface area contributed by atoms with Gasteiger partial charge in [0.15, 0.2) is 0 Å². The average Bonchev–Trinajstić information content (AvgIpc) is 2.87. The highest BCUT2D eigenvalue weighted by molar-refractivity contribution is 7.89. The van der Waals surface area contributed by atoms with E-state index in [1.165, 1.54) is 11.3 Å². The normalized spacial score (nSPS) is 18.2. The van der Waals surface area contributed by atoms with Crippen LogP contribution < -0.4 is 0 Å². The Hall–Kier alpha value is -0.980. The molecule has 0 unspecified atom stereocenters. The minimum absolute atomic E-state index is 0.350. The molecule has 1 aliphatic heterocycles. The Kier molecular flexibility index (Phi) is 3.09. The van der Waals surface area contributed by atoms with Gasteiger partial charge >= 0.3 is 0 Å². The molecule has 2 heterocycles. The van der Waals surface area contributed by atoms with E-state index in [2.05, 4.69) is 4.98 Å². The summed E-state index contributed by atoms with van der Waals surface area (Å²) in [5, 5.41) is 0. The predicted octanol–water partition coefficient (Wildman–Crippen LogP) is 2.47. The average molecular weight is 282 g/mol. The van der Waals surface area contributed by atoms with Crippen molar-refractivity contribution in [3.63, 3.8) is 0 Å². The third-order valence-electron chi connectivity index (χ3n) is 3.26. The summed E-state index contributed by atoms with van der Waals surface area (Å²) in [4.78, 5) is 4.54. The molecule has 0 atom stereocenters. The molecule has 1 fully saturated rings. The molecule has 0 N–H and O–H groups in total. The van der Waals surface area contributed by atoms with Gasteiger partial charge in [-0.15, -0.1) is 11.3 Å². The Morgan fingerprint density at radius 3 is 2.72 bits per heavy atom. The largest absolute Gasteiger partial charge is 0.245 e. The number of sulfonamides is 1. The standard InChI is InChI=1S/C12H14N2O2S2/c15-18(16,14-7-2-1-3-8-14)11-6-4-5-10-12(11)13-9-17-10/h4-6,9H,1-3,7-8H2. The van der Waals surface area contributed by atoms with E-state index >= 15 is 0 Å². The lowest BCUT2D eigenvalue weighted by molar-refractivity contribution is 0.347. The van der Waals surface area contributed by atoms with Gasteiger partial charge < -0.3 is 0 Å². The van der Waals surface area contributed by atoms with E-state index in [0.717, 1.165) is 24.0 Å². The van der Waals surface area contributed by atoms with E-state index < -0.39 is 10.0 Å². The van der Waals surface area contributed by atoms with E-state index in [-0.39, 0.29) is 0 Å². The summed E-state index contributed by atoms with van der Waals surface area (Å²) < 4.78 is 27.7. The van der Waals surface area contributed by atoms with E-state index in [4.69, 9.17) is 0 Å². The molecule has 0 radical (unpaired) electrons. The van der Waals surface area contributed by atoms with Crippen molar-refractivity contribution in [2.45, 2.75) is 24.2 Å². The Balaban J connectivity index is 2.10. The number of hydrogen-bond donors (Lipinski definition) is 0. The molecule has 18 heavy (non-hydrogen) atoms. The van der Waals surface area contributed by atoms with Crippen molar-refractivity contribution in [3.8, 4) is 0 Å². The number of piperidine rings is 1. The van der Waals surface area contributed by atoms with Gasteiger partial charge in [-0.1, -0.05) is 12.5 Å². The predicted molar refractivity (Wildman–Crippen MR) is 72.2 cm³/mol. The maximum atomic E-state index is 12.6. The lowest BCUT2D eigenvalue weighted by atomic mass is 10.2. The van der Waals surface area contributed by atoms with Crippen LogP contribution in [0.3, 0.4) is 0 Å². The van der Waals surface area contributed by atoms with Crippen LogP contribution in [0.2, 0.25) is 0 Å². The number of nitrogens with zero attached hydrogens (tertiary/aromatic N) is 2. The van der Waals surface area contributed by atoms with Gasteiger partial charge in [0.05, 0.1) is 10.2 Å². The van der Waals surface area contributed by atoms with Gasteiger partial charge in [-0.05, 0) is 25.0 Å². The molecule has 6 heteroatoms. The van der Waals surface area contributed by atoms with Gasteiger partial charge in [0, 0.05) is 13.1 Å². The summed E-state index contributed by atoms with van der Waals surface area (Å²) in [6.45, 7) is 1.26. The SMILES string of the molecule is O=S(=O)(c1cccc2scnc12)N1CCCCC1. The molecule has 0 bridgehead atoms. The van der Waals surface area contributed by atoms with Crippen molar-refractivity contribution < 1.29 is 8.42 Å². The number of benzene rings is 1. The van der Waals surface area contributed by atoms with Gasteiger partial charge in [0.2, 0.25) is 10.0 Å². The van der Waals surface area contributed by atoms with E-state index in [9.17, 15) is 8.42 Å². The number of para-hydroxylation sites is 1. The highest BCUT2D eigenvalue weighted by atomic mass is 32.2. The lowest BCUT2D eigenvalue weighted by Gasteiger charge is -2.25. The second kappa shape index (κ2) is 4.60. The molecule has 2 aromatic rings. The van der Waals surface area contributed by atoms with Crippen LogP contribution >= 0.6 is 11.3 Å². The maximum absolute atomic E-state index is 12.6. The third-order valence-corrected chi connectivity index (χ3v) is 5.98.